The zero-order valence-corrected chi connectivity index (χ0v) is 15.1. The van der Waals surface area contributed by atoms with Crippen molar-refractivity contribution < 1.29 is 4.74 Å². The first kappa shape index (κ1) is 15.7. The van der Waals surface area contributed by atoms with Crippen LogP contribution in [0.3, 0.4) is 0 Å². The number of hydrogen-bond acceptors (Lipinski definition) is 3. The van der Waals surface area contributed by atoms with Crippen LogP contribution in [0.5, 0.6) is 5.88 Å². The van der Waals surface area contributed by atoms with Crippen molar-refractivity contribution in [3.05, 3.63) is 28.9 Å². The van der Waals surface area contributed by atoms with E-state index >= 15 is 0 Å². The molecule has 1 fully saturated rings. The maximum Gasteiger partial charge on any atom is 0.230 e. The second-order valence-corrected chi connectivity index (χ2v) is 8.14. The minimum absolute atomic E-state index is 0.267. The molecule has 0 bridgehead atoms. The molecule has 2 heterocycles. The van der Waals surface area contributed by atoms with Gasteiger partial charge in [0, 0.05) is 11.6 Å². The first-order valence-corrected chi connectivity index (χ1v) is 8.81. The van der Waals surface area contributed by atoms with Crippen LogP contribution in [0.2, 0.25) is 0 Å². The fourth-order valence-electron chi connectivity index (χ4n) is 3.25. The average Bonchev–Trinajstić information content (AvgIpc) is 2.48. The van der Waals surface area contributed by atoms with Gasteiger partial charge in [-0.2, -0.15) is 4.98 Å². The van der Waals surface area contributed by atoms with Gasteiger partial charge < -0.3 is 4.74 Å². The molecule has 1 aliphatic carbocycles. The van der Waals surface area contributed by atoms with E-state index in [9.17, 15) is 0 Å². The molecular formula is C18H23BrN2O. The van der Waals surface area contributed by atoms with Gasteiger partial charge in [0.15, 0.2) is 5.65 Å². The molecule has 4 heteroatoms. The quantitative estimate of drug-likeness (QED) is 0.719. The zero-order chi connectivity index (χ0) is 15.7. The smallest absolute Gasteiger partial charge is 0.230 e. The van der Waals surface area contributed by atoms with E-state index in [1.807, 2.05) is 18.2 Å². The van der Waals surface area contributed by atoms with Gasteiger partial charge in [-0.3, -0.25) is 0 Å². The third kappa shape index (κ3) is 3.43. The first-order chi connectivity index (χ1) is 10.4. The van der Waals surface area contributed by atoms with E-state index < -0.39 is 0 Å². The molecular weight excluding hydrogens is 340 g/mol. The number of halogens is 1. The van der Waals surface area contributed by atoms with Gasteiger partial charge in [-0.05, 0) is 71.1 Å². The topological polar surface area (TPSA) is 35.0 Å². The molecule has 0 aromatic carbocycles. The monoisotopic (exact) mass is 362 g/mol. The summed E-state index contributed by atoms with van der Waals surface area (Å²) in [5.74, 6) is 1.47. The summed E-state index contributed by atoms with van der Waals surface area (Å²) in [7, 11) is 0. The lowest BCUT2D eigenvalue weighted by molar-refractivity contribution is 0.0848. The van der Waals surface area contributed by atoms with Crippen LogP contribution in [-0.2, 0) is 0 Å². The molecule has 0 N–H and O–H groups in total. The maximum absolute atomic E-state index is 6.16. The van der Waals surface area contributed by atoms with Crippen LogP contribution in [-0.4, -0.2) is 16.1 Å². The Morgan fingerprint density at radius 3 is 2.59 bits per heavy atom. The summed E-state index contributed by atoms with van der Waals surface area (Å²) in [6, 6.07) is 5.97. The van der Waals surface area contributed by atoms with Crippen LogP contribution < -0.4 is 4.74 Å². The molecule has 3 nitrogen and oxygen atoms in total. The fourth-order valence-corrected chi connectivity index (χ4v) is 3.68. The van der Waals surface area contributed by atoms with E-state index in [1.54, 1.807) is 6.20 Å². The van der Waals surface area contributed by atoms with Crippen molar-refractivity contribution >= 4 is 27.0 Å². The van der Waals surface area contributed by atoms with Crippen molar-refractivity contribution in [2.24, 2.45) is 11.3 Å². The second kappa shape index (κ2) is 6.15. The van der Waals surface area contributed by atoms with Gasteiger partial charge >= 0.3 is 0 Å². The summed E-state index contributed by atoms with van der Waals surface area (Å²) in [6.07, 6.45) is 6.72. The van der Waals surface area contributed by atoms with Crippen molar-refractivity contribution in [3.63, 3.8) is 0 Å². The number of nitrogens with zero attached hydrogens (tertiary/aromatic N) is 2. The Hall–Kier alpha value is -1.16. The van der Waals surface area contributed by atoms with E-state index in [2.05, 4.69) is 46.7 Å². The Morgan fingerprint density at radius 1 is 1.18 bits per heavy atom. The van der Waals surface area contributed by atoms with E-state index in [4.69, 9.17) is 4.74 Å². The SMILES string of the molecule is CC(C)(C)C1CCC(Oc2nc3ncccc3cc2Br)CC1. The largest absolute Gasteiger partial charge is 0.474 e. The Labute approximate surface area is 140 Å². The van der Waals surface area contributed by atoms with Crippen LogP contribution in [0, 0.1) is 11.3 Å². The lowest BCUT2D eigenvalue weighted by Crippen LogP contribution is -2.30. The molecule has 0 amide bonds. The molecule has 2 aromatic heterocycles. The summed E-state index contributed by atoms with van der Waals surface area (Å²) in [5, 5.41) is 1.03. The van der Waals surface area contributed by atoms with Crippen LogP contribution in [0.1, 0.15) is 46.5 Å². The predicted molar refractivity (Wildman–Crippen MR) is 93.1 cm³/mol. The standard InChI is InChI=1S/C18H23BrN2O/c1-18(2,3)13-6-8-14(9-7-13)22-17-15(19)11-12-5-4-10-20-16(12)21-17/h4-5,10-11,13-14H,6-9H2,1-3H3. The molecule has 22 heavy (non-hydrogen) atoms. The van der Waals surface area contributed by atoms with E-state index in [0.717, 1.165) is 34.3 Å². The van der Waals surface area contributed by atoms with Gasteiger partial charge in [0.05, 0.1) is 4.47 Å². The summed E-state index contributed by atoms with van der Waals surface area (Å²) in [6.45, 7) is 7.02. The Balaban J connectivity index is 1.71. The first-order valence-electron chi connectivity index (χ1n) is 8.01. The number of pyridine rings is 2. The summed E-state index contributed by atoms with van der Waals surface area (Å²) >= 11 is 3.57. The number of fused-ring (bicyclic) bond motifs is 1. The van der Waals surface area contributed by atoms with Crippen molar-refractivity contribution in [2.45, 2.75) is 52.6 Å². The van der Waals surface area contributed by atoms with Gasteiger partial charge in [-0.25, -0.2) is 4.98 Å². The van der Waals surface area contributed by atoms with E-state index in [0.29, 0.717) is 11.3 Å². The molecule has 0 spiro atoms. The average molecular weight is 363 g/mol. The Morgan fingerprint density at radius 2 is 1.91 bits per heavy atom. The normalized spacial score (nSPS) is 22.7. The van der Waals surface area contributed by atoms with Gasteiger partial charge in [0.25, 0.3) is 0 Å². The molecule has 2 aromatic rings. The maximum atomic E-state index is 6.16. The number of aromatic nitrogens is 2. The van der Waals surface area contributed by atoms with Crippen molar-refractivity contribution in [2.75, 3.05) is 0 Å². The van der Waals surface area contributed by atoms with Gasteiger partial charge in [0.1, 0.15) is 6.10 Å². The minimum atomic E-state index is 0.267. The summed E-state index contributed by atoms with van der Waals surface area (Å²) < 4.78 is 7.07. The Kier molecular flexibility index (Phi) is 4.40. The molecule has 0 saturated heterocycles. The molecule has 0 aliphatic heterocycles. The van der Waals surface area contributed by atoms with Crippen LogP contribution in [0.15, 0.2) is 28.9 Å². The minimum Gasteiger partial charge on any atom is -0.474 e. The number of ether oxygens (including phenoxy) is 1. The van der Waals surface area contributed by atoms with Crippen molar-refractivity contribution in [1.82, 2.24) is 9.97 Å². The summed E-state index contributed by atoms with van der Waals surface area (Å²) in [5.41, 5.74) is 1.14. The van der Waals surface area contributed by atoms with E-state index in [1.165, 1.54) is 12.8 Å². The highest BCUT2D eigenvalue weighted by molar-refractivity contribution is 9.10. The molecule has 118 valence electrons. The highest BCUT2D eigenvalue weighted by Gasteiger charge is 2.30. The number of hydrogen-bond donors (Lipinski definition) is 0. The number of rotatable bonds is 2. The van der Waals surface area contributed by atoms with Gasteiger partial charge in [-0.15, -0.1) is 0 Å². The predicted octanol–water partition coefficient (Wildman–Crippen LogP) is 5.38. The zero-order valence-electron chi connectivity index (χ0n) is 13.5. The summed E-state index contributed by atoms with van der Waals surface area (Å²) in [4.78, 5) is 8.86. The third-order valence-electron chi connectivity index (χ3n) is 4.69. The third-order valence-corrected chi connectivity index (χ3v) is 5.26. The molecule has 1 saturated carbocycles. The van der Waals surface area contributed by atoms with Crippen LogP contribution in [0.25, 0.3) is 11.0 Å². The lowest BCUT2D eigenvalue weighted by atomic mass is 9.72. The highest BCUT2D eigenvalue weighted by Crippen LogP contribution is 2.39. The fraction of sp³-hybridized carbons (Fsp3) is 0.556. The molecule has 0 atom stereocenters. The van der Waals surface area contributed by atoms with Crippen LogP contribution in [0.4, 0.5) is 0 Å². The van der Waals surface area contributed by atoms with Crippen LogP contribution >= 0.6 is 15.9 Å². The van der Waals surface area contributed by atoms with Gasteiger partial charge in [0.2, 0.25) is 5.88 Å². The van der Waals surface area contributed by atoms with E-state index in [-0.39, 0.29) is 6.10 Å². The highest BCUT2D eigenvalue weighted by atomic mass is 79.9. The lowest BCUT2D eigenvalue weighted by Gasteiger charge is -2.36. The van der Waals surface area contributed by atoms with Gasteiger partial charge in [-0.1, -0.05) is 20.8 Å². The molecule has 1 aliphatic rings. The molecule has 3 rings (SSSR count). The second-order valence-electron chi connectivity index (χ2n) is 7.28. The van der Waals surface area contributed by atoms with Crippen molar-refractivity contribution in [1.29, 1.82) is 0 Å². The molecule has 0 unspecified atom stereocenters. The molecule has 0 radical (unpaired) electrons. The Bertz CT molecular complexity index is 658. The van der Waals surface area contributed by atoms with Crippen molar-refractivity contribution in [3.8, 4) is 5.88 Å².